The molecule has 0 aliphatic heterocycles. The molecule has 3 aromatic heterocycles. The maximum Gasteiger partial charge on any atom is 0.265 e. The average molecular weight is 385 g/mol. The molecule has 0 atom stereocenters. The zero-order valence-electron chi connectivity index (χ0n) is 15.6. The molecule has 1 aliphatic rings. The van der Waals surface area contributed by atoms with E-state index >= 15 is 0 Å². The van der Waals surface area contributed by atoms with Crippen LogP contribution in [0, 0.1) is 5.92 Å². The molecular weight excluding hydrogens is 366 g/mol. The first-order valence-electron chi connectivity index (χ1n) is 9.47. The quantitative estimate of drug-likeness (QED) is 0.552. The van der Waals surface area contributed by atoms with Crippen molar-refractivity contribution in [1.29, 1.82) is 0 Å². The summed E-state index contributed by atoms with van der Waals surface area (Å²) in [7, 11) is 0. The second-order valence-corrected chi connectivity index (χ2v) is 7.19. The number of carbonyl (C=O) groups is 2. The first kappa shape index (κ1) is 17.2. The fourth-order valence-electron chi connectivity index (χ4n) is 3.59. The van der Waals surface area contributed by atoms with Gasteiger partial charge in [-0.25, -0.2) is 4.98 Å². The van der Waals surface area contributed by atoms with E-state index in [2.05, 4.69) is 10.3 Å². The number of hydrogen-bond acceptors (Lipinski definition) is 3. The van der Waals surface area contributed by atoms with Gasteiger partial charge >= 0.3 is 0 Å². The number of benzene rings is 1. The number of rotatable bonds is 5. The summed E-state index contributed by atoms with van der Waals surface area (Å²) >= 11 is 0. The van der Waals surface area contributed by atoms with Crippen molar-refractivity contribution in [2.24, 2.45) is 11.7 Å². The Morgan fingerprint density at radius 3 is 2.69 bits per heavy atom. The summed E-state index contributed by atoms with van der Waals surface area (Å²) in [4.78, 5) is 28.1. The molecule has 0 spiro atoms. The highest BCUT2D eigenvalue weighted by atomic mass is 16.2. The van der Waals surface area contributed by atoms with E-state index < -0.39 is 5.91 Å². The predicted molar refractivity (Wildman–Crippen MR) is 110 cm³/mol. The van der Waals surface area contributed by atoms with E-state index in [1.54, 1.807) is 22.9 Å². The topological polar surface area (TPSA) is 94.9 Å². The summed E-state index contributed by atoms with van der Waals surface area (Å²) in [5.74, 6) is 0.216. The van der Waals surface area contributed by atoms with Crippen molar-refractivity contribution < 1.29 is 9.59 Å². The number of amides is 2. The molecule has 4 aromatic rings. The Kier molecular flexibility index (Phi) is 3.94. The van der Waals surface area contributed by atoms with Crippen molar-refractivity contribution in [1.82, 2.24) is 14.1 Å². The van der Waals surface area contributed by atoms with Gasteiger partial charge in [0.25, 0.3) is 5.91 Å². The minimum absolute atomic E-state index is 0.0286. The average Bonchev–Trinajstić information content (AvgIpc) is 3.29. The lowest BCUT2D eigenvalue weighted by Gasteiger charge is -2.11. The largest absolute Gasteiger partial charge is 0.364 e. The molecule has 144 valence electrons. The van der Waals surface area contributed by atoms with Gasteiger partial charge in [-0.2, -0.15) is 0 Å². The lowest BCUT2D eigenvalue weighted by atomic mass is 10.2. The summed E-state index contributed by atoms with van der Waals surface area (Å²) in [6, 6.07) is 15.2. The van der Waals surface area contributed by atoms with Gasteiger partial charge in [-0.1, -0.05) is 6.07 Å². The van der Waals surface area contributed by atoms with Gasteiger partial charge in [-0.3, -0.25) is 9.59 Å². The number of fused-ring (bicyclic) bond motifs is 1. The van der Waals surface area contributed by atoms with Gasteiger partial charge in [0.05, 0.1) is 16.9 Å². The first-order chi connectivity index (χ1) is 14.1. The van der Waals surface area contributed by atoms with Gasteiger partial charge < -0.3 is 20.2 Å². The summed E-state index contributed by atoms with van der Waals surface area (Å²) in [5, 5.41) is 3.87. The molecule has 0 bridgehead atoms. The molecule has 29 heavy (non-hydrogen) atoms. The Balaban J connectivity index is 1.56. The maximum absolute atomic E-state index is 12.0. The van der Waals surface area contributed by atoms with E-state index in [1.807, 2.05) is 53.4 Å². The van der Waals surface area contributed by atoms with Crippen LogP contribution in [0.5, 0.6) is 0 Å². The van der Waals surface area contributed by atoms with Gasteiger partial charge in [0.1, 0.15) is 11.5 Å². The van der Waals surface area contributed by atoms with Crippen molar-refractivity contribution >= 4 is 28.5 Å². The van der Waals surface area contributed by atoms with E-state index in [0.717, 1.165) is 35.1 Å². The van der Waals surface area contributed by atoms with Crippen molar-refractivity contribution in [3.05, 3.63) is 72.8 Å². The van der Waals surface area contributed by atoms with Gasteiger partial charge in [0.2, 0.25) is 5.91 Å². The lowest BCUT2D eigenvalue weighted by molar-refractivity contribution is -0.117. The van der Waals surface area contributed by atoms with Gasteiger partial charge in [-0.15, -0.1) is 0 Å². The standard InChI is InChI=1S/C22H19N5O2/c23-21(28)19-5-2-11-27(19)18-4-1-3-17-16(18)9-12-26(17)15-8-10-24-20(13-15)25-22(29)14-6-7-14/h1-5,8-14H,6-7H2,(H2,23,28)(H,24,25,29). The number of primary amides is 1. The summed E-state index contributed by atoms with van der Waals surface area (Å²) in [6.45, 7) is 0. The fourth-order valence-corrected chi connectivity index (χ4v) is 3.59. The number of nitrogens with one attached hydrogen (secondary N) is 1. The molecule has 0 unspecified atom stereocenters. The summed E-state index contributed by atoms with van der Waals surface area (Å²) < 4.78 is 3.82. The second-order valence-electron chi connectivity index (χ2n) is 7.19. The smallest absolute Gasteiger partial charge is 0.265 e. The molecule has 3 heterocycles. The number of pyridine rings is 1. The SMILES string of the molecule is NC(=O)c1cccn1-c1cccc2c1ccn2-c1ccnc(NC(=O)C2CC2)c1. The highest BCUT2D eigenvalue weighted by Crippen LogP contribution is 2.31. The van der Waals surface area contributed by atoms with Crippen molar-refractivity contribution in [3.63, 3.8) is 0 Å². The van der Waals surface area contributed by atoms with Crippen LogP contribution in [-0.2, 0) is 4.79 Å². The number of hydrogen-bond donors (Lipinski definition) is 2. The van der Waals surface area contributed by atoms with Gasteiger partial charge in [0.15, 0.2) is 0 Å². The molecule has 5 rings (SSSR count). The van der Waals surface area contributed by atoms with Crippen LogP contribution >= 0.6 is 0 Å². The van der Waals surface area contributed by atoms with Crippen LogP contribution in [0.15, 0.2) is 67.1 Å². The molecular formula is C22H19N5O2. The number of carbonyl (C=O) groups excluding carboxylic acids is 2. The van der Waals surface area contributed by atoms with Crippen LogP contribution in [0.3, 0.4) is 0 Å². The number of anilines is 1. The highest BCUT2D eigenvalue weighted by Gasteiger charge is 2.29. The van der Waals surface area contributed by atoms with E-state index in [0.29, 0.717) is 11.5 Å². The van der Waals surface area contributed by atoms with Crippen molar-refractivity contribution in [2.75, 3.05) is 5.32 Å². The van der Waals surface area contributed by atoms with Gasteiger partial charge in [-0.05, 0) is 49.2 Å². The Bertz CT molecular complexity index is 1250. The minimum atomic E-state index is -0.475. The van der Waals surface area contributed by atoms with Crippen LogP contribution in [0.25, 0.3) is 22.3 Å². The lowest BCUT2D eigenvalue weighted by Crippen LogP contribution is -2.15. The van der Waals surface area contributed by atoms with E-state index in [1.165, 1.54) is 0 Å². The monoisotopic (exact) mass is 385 g/mol. The molecule has 7 nitrogen and oxygen atoms in total. The van der Waals surface area contributed by atoms with Crippen molar-refractivity contribution in [2.45, 2.75) is 12.8 Å². The maximum atomic E-state index is 12.0. The normalized spacial score (nSPS) is 13.5. The Hall–Kier alpha value is -3.87. The summed E-state index contributed by atoms with van der Waals surface area (Å²) in [5.41, 5.74) is 8.67. The van der Waals surface area contributed by atoms with Crippen molar-refractivity contribution in [3.8, 4) is 11.4 Å². The Labute approximate surface area is 166 Å². The molecule has 0 saturated heterocycles. The Morgan fingerprint density at radius 1 is 1.03 bits per heavy atom. The van der Waals surface area contributed by atoms with Gasteiger partial charge in [0, 0.05) is 36.0 Å². The number of nitrogens with two attached hydrogens (primary N) is 1. The fraction of sp³-hybridized carbons (Fsp3) is 0.136. The zero-order chi connectivity index (χ0) is 20.0. The molecule has 1 aromatic carbocycles. The third kappa shape index (κ3) is 3.06. The third-order valence-corrected chi connectivity index (χ3v) is 5.19. The molecule has 1 saturated carbocycles. The van der Waals surface area contributed by atoms with Crippen LogP contribution in [-0.4, -0.2) is 25.9 Å². The molecule has 1 aliphatic carbocycles. The first-order valence-corrected chi connectivity index (χ1v) is 9.47. The molecule has 0 radical (unpaired) electrons. The van der Waals surface area contributed by atoms with E-state index in [9.17, 15) is 9.59 Å². The molecule has 3 N–H and O–H groups in total. The third-order valence-electron chi connectivity index (χ3n) is 5.19. The minimum Gasteiger partial charge on any atom is -0.364 e. The molecule has 7 heteroatoms. The molecule has 1 fully saturated rings. The highest BCUT2D eigenvalue weighted by molar-refractivity contribution is 5.95. The van der Waals surface area contributed by atoms with E-state index in [4.69, 9.17) is 5.73 Å². The second kappa shape index (κ2) is 6.63. The van der Waals surface area contributed by atoms with Crippen LogP contribution in [0.4, 0.5) is 5.82 Å². The zero-order valence-corrected chi connectivity index (χ0v) is 15.6. The Morgan fingerprint density at radius 2 is 1.90 bits per heavy atom. The molecule has 2 amide bonds. The number of aromatic nitrogens is 3. The van der Waals surface area contributed by atoms with Crippen LogP contribution in [0.1, 0.15) is 23.3 Å². The van der Waals surface area contributed by atoms with E-state index in [-0.39, 0.29) is 11.8 Å². The predicted octanol–water partition coefficient (Wildman–Crippen LogP) is 3.26. The van der Waals surface area contributed by atoms with Crippen LogP contribution < -0.4 is 11.1 Å². The summed E-state index contributed by atoms with van der Waals surface area (Å²) in [6.07, 6.45) is 7.37. The number of nitrogens with zero attached hydrogens (tertiary/aromatic N) is 3. The van der Waals surface area contributed by atoms with Crippen LogP contribution in [0.2, 0.25) is 0 Å².